The van der Waals surface area contributed by atoms with Crippen molar-refractivity contribution in [1.29, 1.82) is 0 Å². The van der Waals surface area contributed by atoms with Crippen molar-refractivity contribution in [3.63, 3.8) is 0 Å². The number of aromatic nitrogens is 1. The van der Waals surface area contributed by atoms with Crippen molar-refractivity contribution in [2.24, 2.45) is 5.16 Å². The molecular formula is C31H28N2O3S. The monoisotopic (exact) mass is 508 g/mol. The van der Waals surface area contributed by atoms with Crippen molar-refractivity contribution < 1.29 is 14.7 Å². The molecule has 2 N–H and O–H groups in total. The molecule has 37 heavy (non-hydrogen) atoms. The third-order valence-electron chi connectivity index (χ3n) is 7.16. The zero-order valence-electron chi connectivity index (χ0n) is 20.7. The van der Waals surface area contributed by atoms with Crippen LogP contribution in [0.2, 0.25) is 0 Å². The number of benzene rings is 3. The maximum absolute atomic E-state index is 10.5. The van der Waals surface area contributed by atoms with Crippen LogP contribution in [0.15, 0.2) is 75.6 Å². The summed E-state index contributed by atoms with van der Waals surface area (Å²) in [6.07, 6.45) is 6.28. The summed E-state index contributed by atoms with van der Waals surface area (Å²) in [5.74, 6) is 0.208. The molecule has 5 nitrogen and oxygen atoms in total. The number of fused-ring (bicyclic) bond motifs is 4. The van der Waals surface area contributed by atoms with Gasteiger partial charge >= 0.3 is 0 Å². The highest BCUT2D eigenvalue weighted by Crippen LogP contribution is 2.39. The van der Waals surface area contributed by atoms with E-state index in [0.29, 0.717) is 11.1 Å². The van der Waals surface area contributed by atoms with E-state index in [1.54, 1.807) is 6.07 Å². The SMILES string of the molecule is CCCCCCc1cc2cc(-c3nc(-c4ccc5c(c4)Cc4ccccc4-5)cs3)/c(=N/O)oc2cc1O. The maximum atomic E-state index is 10.5. The second-order valence-corrected chi connectivity index (χ2v) is 10.5. The first-order valence-electron chi connectivity index (χ1n) is 12.8. The predicted molar refractivity (Wildman–Crippen MR) is 148 cm³/mol. The molecule has 6 rings (SSSR count). The van der Waals surface area contributed by atoms with Crippen LogP contribution in [0.5, 0.6) is 5.75 Å². The van der Waals surface area contributed by atoms with Crippen molar-refractivity contribution >= 4 is 22.3 Å². The molecule has 0 atom stereocenters. The normalized spacial score (nSPS) is 12.7. The molecule has 0 radical (unpaired) electrons. The number of phenolic OH excluding ortho intramolecular Hbond substituents is 1. The molecule has 2 heterocycles. The highest BCUT2D eigenvalue weighted by Gasteiger charge is 2.19. The number of aromatic hydroxyl groups is 1. The van der Waals surface area contributed by atoms with Crippen LogP contribution in [0.3, 0.4) is 0 Å². The van der Waals surface area contributed by atoms with Crippen molar-refractivity contribution in [3.05, 3.63) is 88.3 Å². The molecular weight excluding hydrogens is 480 g/mol. The molecule has 1 aliphatic rings. The minimum atomic E-state index is 0.0768. The van der Waals surface area contributed by atoms with E-state index in [2.05, 4.69) is 54.5 Å². The molecule has 6 heteroatoms. The second kappa shape index (κ2) is 9.87. The molecule has 0 saturated carbocycles. The van der Waals surface area contributed by atoms with Crippen LogP contribution in [0.4, 0.5) is 0 Å². The van der Waals surface area contributed by atoms with E-state index < -0.39 is 0 Å². The minimum absolute atomic E-state index is 0.0768. The van der Waals surface area contributed by atoms with Crippen molar-refractivity contribution in [2.75, 3.05) is 0 Å². The zero-order valence-corrected chi connectivity index (χ0v) is 21.5. The van der Waals surface area contributed by atoms with Crippen molar-refractivity contribution in [3.8, 4) is 38.7 Å². The van der Waals surface area contributed by atoms with Crippen molar-refractivity contribution in [1.82, 2.24) is 4.98 Å². The van der Waals surface area contributed by atoms with Gasteiger partial charge in [0.15, 0.2) is 0 Å². The zero-order chi connectivity index (χ0) is 25.4. The Bertz CT molecular complexity index is 1680. The largest absolute Gasteiger partial charge is 0.508 e. The second-order valence-electron chi connectivity index (χ2n) is 9.64. The van der Waals surface area contributed by atoms with E-state index in [0.717, 1.165) is 52.9 Å². The molecule has 3 aromatic carbocycles. The number of phenols is 1. The van der Waals surface area contributed by atoms with Crippen LogP contribution < -0.4 is 5.55 Å². The van der Waals surface area contributed by atoms with Crippen LogP contribution >= 0.6 is 11.3 Å². The number of hydrogen-bond donors (Lipinski definition) is 2. The van der Waals surface area contributed by atoms with E-state index in [4.69, 9.17) is 9.40 Å². The maximum Gasteiger partial charge on any atom is 0.265 e. The fraction of sp³-hybridized carbons (Fsp3) is 0.226. The smallest absolute Gasteiger partial charge is 0.265 e. The summed E-state index contributed by atoms with van der Waals surface area (Å²) >= 11 is 1.49. The molecule has 0 bridgehead atoms. The number of thiazole rings is 1. The van der Waals surface area contributed by atoms with Gasteiger partial charge in [0.2, 0.25) is 0 Å². The number of hydrogen-bond acceptors (Lipinski definition) is 6. The van der Waals surface area contributed by atoms with Gasteiger partial charge in [-0.3, -0.25) is 0 Å². The minimum Gasteiger partial charge on any atom is -0.508 e. The van der Waals surface area contributed by atoms with Gasteiger partial charge in [0.1, 0.15) is 16.3 Å². The Morgan fingerprint density at radius 2 is 1.81 bits per heavy atom. The molecule has 2 aromatic heterocycles. The Balaban J connectivity index is 1.34. The number of unbranched alkanes of at least 4 members (excludes halogenated alkanes) is 3. The summed E-state index contributed by atoms with van der Waals surface area (Å²) < 4.78 is 5.88. The molecule has 0 amide bonds. The summed E-state index contributed by atoms with van der Waals surface area (Å²) in [7, 11) is 0. The predicted octanol–water partition coefficient (Wildman–Crippen LogP) is 7.91. The van der Waals surface area contributed by atoms with E-state index in [1.807, 2.05) is 17.5 Å². The van der Waals surface area contributed by atoms with Crippen LogP contribution in [0.1, 0.15) is 49.3 Å². The Morgan fingerprint density at radius 3 is 2.68 bits per heavy atom. The van der Waals surface area contributed by atoms with Gasteiger partial charge in [-0.05, 0) is 70.4 Å². The van der Waals surface area contributed by atoms with E-state index >= 15 is 0 Å². The molecule has 0 fully saturated rings. The fourth-order valence-electron chi connectivity index (χ4n) is 5.21. The van der Waals surface area contributed by atoms with E-state index in [9.17, 15) is 10.3 Å². The number of nitrogens with zero attached hydrogens (tertiary/aromatic N) is 2. The molecule has 186 valence electrons. The molecule has 0 aliphatic heterocycles. The van der Waals surface area contributed by atoms with Gasteiger partial charge in [-0.15, -0.1) is 11.3 Å². The molecule has 1 aliphatic carbocycles. The topological polar surface area (TPSA) is 78.9 Å². The Hall–Kier alpha value is -3.90. The summed E-state index contributed by atoms with van der Waals surface area (Å²) in [5.41, 5.74) is 9.29. The first-order chi connectivity index (χ1) is 18.1. The van der Waals surface area contributed by atoms with Crippen molar-refractivity contribution in [2.45, 2.75) is 45.4 Å². The van der Waals surface area contributed by atoms with Gasteiger partial charge in [0.05, 0.1) is 11.3 Å². The highest BCUT2D eigenvalue weighted by molar-refractivity contribution is 7.13. The molecule has 5 aromatic rings. The van der Waals surface area contributed by atoms with Crippen LogP contribution in [-0.2, 0) is 12.8 Å². The summed E-state index contributed by atoms with van der Waals surface area (Å²) in [6.45, 7) is 2.19. The molecule has 0 unspecified atom stereocenters. The Labute approximate surface area is 219 Å². The quantitative estimate of drug-likeness (QED) is 0.130. The van der Waals surface area contributed by atoms with Gasteiger partial charge in [0, 0.05) is 22.4 Å². The average molecular weight is 509 g/mol. The lowest BCUT2D eigenvalue weighted by atomic mass is 10.0. The summed E-state index contributed by atoms with van der Waals surface area (Å²) in [4.78, 5) is 4.89. The number of rotatable bonds is 7. The third kappa shape index (κ3) is 4.42. The molecule has 0 saturated heterocycles. The van der Waals surface area contributed by atoms with E-state index in [-0.39, 0.29) is 11.3 Å². The summed E-state index contributed by atoms with van der Waals surface area (Å²) in [5, 5.41) is 27.2. The van der Waals surface area contributed by atoms with Gasteiger partial charge in [-0.2, -0.15) is 0 Å². The van der Waals surface area contributed by atoms with Gasteiger partial charge in [-0.25, -0.2) is 4.98 Å². The lowest BCUT2D eigenvalue weighted by Crippen LogP contribution is -2.05. The Kier molecular flexibility index (Phi) is 6.26. The third-order valence-corrected chi connectivity index (χ3v) is 8.04. The van der Waals surface area contributed by atoms with Crippen LogP contribution in [0.25, 0.3) is 43.9 Å². The van der Waals surface area contributed by atoms with E-state index in [1.165, 1.54) is 46.4 Å². The fourth-order valence-corrected chi connectivity index (χ4v) is 6.05. The average Bonchev–Trinajstić information content (AvgIpc) is 3.55. The summed E-state index contributed by atoms with van der Waals surface area (Å²) in [6, 6.07) is 20.6. The number of aryl methyl sites for hydroxylation is 1. The van der Waals surface area contributed by atoms with Gasteiger partial charge < -0.3 is 14.7 Å². The lowest BCUT2D eigenvalue weighted by Gasteiger charge is -2.08. The standard InChI is InChI=1S/C31H28N2O3S/c1-2-3-4-5-9-21-15-23-16-26(30(33-35)36-29(23)17-28(21)34)31-32-27(18-37-31)20-11-12-25-22(14-20)13-19-8-6-7-10-24(19)25/h6-8,10-12,14-18,34-35H,2-5,9,13H2,1H3/b33-30-. The highest BCUT2D eigenvalue weighted by atomic mass is 32.1. The lowest BCUT2D eigenvalue weighted by molar-refractivity contribution is 0.277. The first kappa shape index (κ1) is 23.5. The van der Waals surface area contributed by atoms with Crippen LogP contribution in [0, 0.1) is 0 Å². The first-order valence-corrected chi connectivity index (χ1v) is 13.7. The Morgan fingerprint density at radius 1 is 0.946 bits per heavy atom. The molecule has 0 spiro atoms. The van der Waals surface area contributed by atoms with Crippen LogP contribution in [-0.4, -0.2) is 15.3 Å². The van der Waals surface area contributed by atoms with Gasteiger partial charge in [0.25, 0.3) is 5.55 Å². The van der Waals surface area contributed by atoms with Gasteiger partial charge in [-0.1, -0.05) is 62.6 Å².